The van der Waals surface area contributed by atoms with Crippen LogP contribution < -0.4 is 19.6 Å². The second-order valence-corrected chi connectivity index (χ2v) is 8.48. The number of carbonyl (C=O) groups excluding carboxylic acids is 1. The van der Waals surface area contributed by atoms with E-state index in [0.717, 1.165) is 16.7 Å². The van der Waals surface area contributed by atoms with Gasteiger partial charge in [0.2, 0.25) is 11.2 Å². The molecular formula is C28H24O6. The highest BCUT2D eigenvalue weighted by Crippen LogP contribution is 2.33. The summed E-state index contributed by atoms with van der Waals surface area (Å²) in [4.78, 5) is 26.5. The van der Waals surface area contributed by atoms with Crippen molar-refractivity contribution in [1.29, 1.82) is 0 Å². The van der Waals surface area contributed by atoms with E-state index in [1.54, 1.807) is 18.2 Å². The van der Waals surface area contributed by atoms with Crippen molar-refractivity contribution < 1.29 is 23.4 Å². The Hall–Kier alpha value is -4.06. The second-order valence-electron chi connectivity index (χ2n) is 8.48. The van der Waals surface area contributed by atoms with Gasteiger partial charge in [-0.2, -0.15) is 0 Å². The molecule has 0 spiro atoms. The number of fused-ring (bicyclic) bond motifs is 2. The number of aryl methyl sites for hydroxylation is 3. The molecule has 0 saturated carbocycles. The molecule has 0 unspecified atom stereocenters. The monoisotopic (exact) mass is 456 g/mol. The second kappa shape index (κ2) is 8.71. The first kappa shape index (κ1) is 21.8. The summed E-state index contributed by atoms with van der Waals surface area (Å²) >= 11 is 0. The van der Waals surface area contributed by atoms with Crippen molar-refractivity contribution in [3.05, 3.63) is 87.1 Å². The Morgan fingerprint density at radius 3 is 2.38 bits per heavy atom. The van der Waals surface area contributed by atoms with Crippen molar-refractivity contribution >= 4 is 16.8 Å². The van der Waals surface area contributed by atoms with Crippen LogP contribution in [-0.2, 0) is 0 Å². The fraction of sp³-hybridized carbons (Fsp3) is 0.214. The zero-order valence-electron chi connectivity index (χ0n) is 19.3. The lowest BCUT2D eigenvalue weighted by Gasteiger charge is -2.18. The van der Waals surface area contributed by atoms with Crippen molar-refractivity contribution in [2.24, 2.45) is 0 Å². The van der Waals surface area contributed by atoms with Crippen LogP contribution in [-0.4, -0.2) is 25.6 Å². The first-order valence-electron chi connectivity index (χ1n) is 11.1. The van der Waals surface area contributed by atoms with Crippen LogP contribution in [0.15, 0.2) is 63.8 Å². The number of hydrogen-bond acceptors (Lipinski definition) is 6. The van der Waals surface area contributed by atoms with Gasteiger partial charge in [0.15, 0.2) is 29.6 Å². The first-order valence-corrected chi connectivity index (χ1v) is 11.1. The highest BCUT2D eigenvalue weighted by molar-refractivity contribution is 5.98. The lowest BCUT2D eigenvalue weighted by Crippen LogP contribution is -2.19. The molecule has 0 bridgehead atoms. The minimum Gasteiger partial charge on any atom is -0.486 e. The molecule has 1 aliphatic heterocycles. The highest BCUT2D eigenvalue weighted by Gasteiger charge is 2.21. The fourth-order valence-corrected chi connectivity index (χ4v) is 4.14. The molecule has 172 valence electrons. The van der Waals surface area contributed by atoms with Gasteiger partial charge in [-0.25, -0.2) is 0 Å². The number of ketones is 1. The van der Waals surface area contributed by atoms with Gasteiger partial charge in [-0.05, 0) is 56.2 Å². The smallest absolute Gasteiger partial charge is 0.235 e. The van der Waals surface area contributed by atoms with Gasteiger partial charge in [-0.3, -0.25) is 9.59 Å². The Morgan fingerprint density at radius 1 is 0.882 bits per heavy atom. The molecule has 6 nitrogen and oxygen atoms in total. The SMILES string of the molecule is Cc1ccc(-c2oc3cc(C)cc(C)c3c(=O)c2OCC(=O)c2ccc3c(c2)OCCO3)cc1. The van der Waals surface area contributed by atoms with Gasteiger partial charge in [0.1, 0.15) is 18.8 Å². The Labute approximate surface area is 196 Å². The van der Waals surface area contributed by atoms with E-state index in [1.807, 2.05) is 57.2 Å². The normalized spacial score (nSPS) is 12.6. The van der Waals surface area contributed by atoms with Gasteiger partial charge >= 0.3 is 0 Å². The third-order valence-electron chi connectivity index (χ3n) is 5.82. The summed E-state index contributed by atoms with van der Waals surface area (Å²) in [5.41, 5.74) is 4.17. The molecular weight excluding hydrogens is 432 g/mol. The number of hydrogen-bond donors (Lipinski definition) is 0. The topological polar surface area (TPSA) is 75.0 Å². The van der Waals surface area contributed by atoms with Crippen LogP contribution in [0.2, 0.25) is 0 Å². The molecule has 6 heteroatoms. The van der Waals surface area contributed by atoms with Crippen LogP contribution >= 0.6 is 0 Å². The molecule has 0 aliphatic carbocycles. The molecule has 2 heterocycles. The third-order valence-corrected chi connectivity index (χ3v) is 5.82. The average molecular weight is 456 g/mol. The van der Waals surface area contributed by atoms with E-state index < -0.39 is 0 Å². The van der Waals surface area contributed by atoms with Crippen LogP contribution in [0.4, 0.5) is 0 Å². The van der Waals surface area contributed by atoms with Gasteiger partial charge in [0, 0.05) is 11.1 Å². The van der Waals surface area contributed by atoms with E-state index >= 15 is 0 Å². The molecule has 0 atom stereocenters. The molecule has 5 rings (SSSR count). The van der Waals surface area contributed by atoms with Crippen LogP contribution in [0.5, 0.6) is 17.2 Å². The van der Waals surface area contributed by atoms with Crippen LogP contribution in [0.1, 0.15) is 27.0 Å². The van der Waals surface area contributed by atoms with Crippen LogP contribution in [0.3, 0.4) is 0 Å². The fourth-order valence-electron chi connectivity index (χ4n) is 4.14. The summed E-state index contributed by atoms with van der Waals surface area (Å²) in [6.07, 6.45) is 0. The minimum atomic E-state index is -0.320. The van der Waals surface area contributed by atoms with Gasteiger partial charge in [-0.1, -0.05) is 35.9 Å². The lowest BCUT2D eigenvalue weighted by atomic mass is 10.0. The Kier molecular flexibility index (Phi) is 5.57. The molecule has 0 saturated heterocycles. The number of benzene rings is 3. The molecule has 0 amide bonds. The molecule has 3 aromatic carbocycles. The number of rotatable bonds is 5. The van der Waals surface area contributed by atoms with Gasteiger partial charge in [-0.15, -0.1) is 0 Å². The highest BCUT2D eigenvalue weighted by atomic mass is 16.6. The summed E-state index contributed by atoms with van der Waals surface area (Å²) in [5.74, 6) is 1.17. The Bertz CT molecular complexity index is 1460. The third kappa shape index (κ3) is 4.03. The first-order chi connectivity index (χ1) is 16.4. The van der Waals surface area contributed by atoms with E-state index in [9.17, 15) is 9.59 Å². The average Bonchev–Trinajstić information content (AvgIpc) is 2.82. The van der Waals surface area contributed by atoms with Crippen molar-refractivity contribution in [3.63, 3.8) is 0 Å². The van der Waals surface area contributed by atoms with Gasteiger partial charge < -0.3 is 18.6 Å². The molecule has 1 aromatic heterocycles. The maximum atomic E-state index is 13.5. The molecule has 1 aliphatic rings. The van der Waals surface area contributed by atoms with Crippen molar-refractivity contribution in [3.8, 4) is 28.6 Å². The molecule has 4 aromatic rings. The number of Topliss-reactive ketones (excluding diaryl/α,β-unsaturated/α-hetero) is 1. The van der Waals surface area contributed by atoms with E-state index in [4.69, 9.17) is 18.6 Å². The van der Waals surface area contributed by atoms with Crippen LogP contribution in [0, 0.1) is 20.8 Å². The number of carbonyl (C=O) groups is 1. The maximum Gasteiger partial charge on any atom is 0.235 e. The lowest BCUT2D eigenvalue weighted by molar-refractivity contribution is 0.0919. The minimum absolute atomic E-state index is 0.0224. The van der Waals surface area contributed by atoms with Crippen molar-refractivity contribution in [1.82, 2.24) is 0 Å². The Balaban J connectivity index is 1.54. The van der Waals surface area contributed by atoms with Crippen LogP contribution in [0.25, 0.3) is 22.3 Å². The van der Waals surface area contributed by atoms with Gasteiger partial charge in [0.25, 0.3) is 0 Å². The van der Waals surface area contributed by atoms with Crippen molar-refractivity contribution in [2.75, 3.05) is 19.8 Å². The summed E-state index contributed by atoms with van der Waals surface area (Å²) in [5, 5.41) is 0.447. The van der Waals surface area contributed by atoms with Gasteiger partial charge in [0.05, 0.1) is 5.39 Å². The predicted octanol–water partition coefficient (Wildman–Crippen LogP) is 5.42. The summed E-state index contributed by atoms with van der Waals surface area (Å²) in [7, 11) is 0. The van der Waals surface area contributed by atoms with E-state index in [0.29, 0.717) is 52.6 Å². The Morgan fingerprint density at radius 2 is 1.62 bits per heavy atom. The van der Waals surface area contributed by atoms with E-state index in [1.165, 1.54) is 0 Å². The summed E-state index contributed by atoms with van der Waals surface area (Å²) < 4.78 is 23.2. The summed E-state index contributed by atoms with van der Waals surface area (Å²) in [6, 6.07) is 16.4. The predicted molar refractivity (Wildman–Crippen MR) is 129 cm³/mol. The van der Waals surface area contributed by atoms with E-state index in [-0.39, 0.29) is 23.6 Å². The zero-order valence-corrected chi connectivity index (χ0v) is 19.3. The molecule has 0 N–H and O–H groups in total. The van der Waals surface area contributed by atoms with Crippen molar-refractivity contribution in [2.45, 2.75) is 20.8 Å². The molecule has 34 heavy (non-hydrogen) atoms. The standard InChI is InChI=1S/C28H24O6/c1-16-4-6-19(7-5-16)27-28(26(30)25-18(3)12-17(2)13-24(25)34-27)33-15-21(29)20-8-9-22-23(14-20)32-11-10-31-22/h4-9,12-14H,10-11,15H2,1-3H3. The molecule has 0 radical (unpaired) electrons. The molecule has 0 fully saturated rings. The van der Waals surface area contributed by atoms with E-state index in [2.05, 4.69) is 0 Å². The zero-order chi connectivity index (χ0) is 23.8. The largest absolute Gasteiger partial charge is 0.486 e. The quantitative estimate of drug-likeness (QED) is 0.374. The summed E-state index contributed by atoms with van der Waals surface area (Å²) in [6.45, 7) is 6.38. The maximum absolute atomic E-state index is 13.5. The number of ether oxygens (including phenoxy) is 3.